The van der Waals surface area contributed by atoms with Crippen molar-refractivity contribution in [3.8, 4) is 0 Å². The third kappa shape index (κ3) is 5.14. The summed E-state index contributed by atoms with van der Waals surface area (Å²) in [5, 5.41) is 4.12. The van der Waals surface area contributed by atoms with Gasteiger partial charge in [0.05, 0.1) is 5.69 Å². The van der Waals surface area contributed by atoms with Gasteiger partial charge in [0.25, 0.3) is 0 Å². The van der Waals surface area contributed by atoms with Gasteiger partial charge in [0.1, 0.15) is 5.82 Å². The van der Waals surface area contributed by atoms with Gasteiger partial charge in [-0.15, -0.1) is 0 Å². The molecule has 0 spiro atoms. The van der Waals surface area contributed by atoms with Gasteiger partial charge in [-0.2, -0.15) is 11.8 Å². The van der Waals surface area contributed by atoms with E-state index in [-0.39, 0.29) is 0 Å². The van der Waals surface area contributed by atoms with Crippen molar-refractivity contribution in [2.24, 2.45) is 0 Å². The van der Waals surface area contributed by atoms with E-state index in [1.165, 1.54) is 6.42 Å². The number of hydrogen-bond acceptors (Lipinski definition) is 4. The molecule has 1 aromatic heterocycles. The first kappa shape index (κ1) is 12.5. The van der Waals surface area contributed by atoms with Gasteiger partial charge in [-0.1, -0.05) is 6.92 Å². The van der Waals surface area contributed by atoms with Crippen LogP contribution in [0.3, 0.4) is 0 Å². The van der Waals surface area contributed by atoms with E-state index in [0.29, 0.717) is 0 Å². The Labute approximate surface area is 96.1 Å². The zero-order valence-electron chi connectivity index (χ0n) is 9.66. The van der Waals surface area contributed by atoms with Crippen LogP contribution in [0.2, 0.25) is 0 Å². The van der Waals surface area contributed by atoms with E-state index in [2.05, 4.69) is 28.5 Å². The van der Waals surface area contributed by atoms with Crippen molar-refractivity contribution < 1.29 is 0 Å². The molecule has 1 N–H and O–H groups in total. The first-order valence-electron chi connectivity index (χ1n) is 5.24. The lowest BCUT2D eigenvalue weighted by molar-refractivity contribution is 0.637. The molecule has 84 valence electrons. The fraction of sp³-hybridized carbons (Fsp3) is 0.636. The largest absolute Gasteiger partial charge is 0.311 e. The summed E-state index contributed by atoms with van der Waals surface area (Å²) in [6, 6.07) is 1.96. The molecule has 15 heavy (non-hydrogen) atoms. The quantitative estimate of drug-likeness (QED) is 0.752. The summed E-state index contributed by atoms with van der Waals surface area (Å²) in [5.74, 6) is 0.840. The molecular weight excluding hydrogens is 206 g/mol. The van der Waals surface area contributed by atoms with Crippen molar-refractivity contribution in [1.82, 2.24) is 15.3 Å². The number of aromatic nitrogens is 2. The Morgan fingerprint density at radius 2 is 2.33 bits per heavy atom. The van der Waals surface area contributed by atoms with Crippen molar-refractivity contribution in [1.29, 1.82) is 0 Å². The van der Waals surface area contributed by atoms with Crippen molar-refractivity contribution in [2.75, 3.05) is 12.8 Å². The lowest BCUT2D eigenvalue weighted by Crippen LogP contribution is -2.18. The number of nitrogens with one attached hydrogen (secondary N) is 1. The van der Waals surface area contributed by atoms with Crippen LogP contribution in [-0.4, -0.2) is 28.0 Å². The average molecular weight is 225 g/mol. The van der Waals surface area contributed by atoms with Crippen molar-refractivity contribution >= 4 is 11.8 Å². The number of rotatable bonds is 6. The summed E-state index contributed by atoms with van der Waals surface area (Å²) < 4.78 is 0. The Morgan fingerprint density at radius 1 is 1.53 bits per heavy atom. The minimum absolute atomic E-state index is 0.727. The van der Waals surface area contributed by atoms with Gasteiger partial charge in [-0.25, -0.2) is 9.97 Å². The Bertz CT molecular complexity index is 291. The summed E-state index contributed by atoms with van der Waals surface area (Å²) >= 11 is 1.91. The minimum atomic E-state index is 0.727. The van der Waals surface area contributed by atoms with E-state index >= 15 is 0 Å². The van der Waals surface area contributed by atoms with Crippen LogP contribution in [0, 0.1) is 6.92 Å². The zero-order valence-corrected chi connectivity index (χ0v) is 10.5. The maximum Gasteiger partial charge on any atom is 0.125 e. The molecule has 1 unspecified atom stereocenters. The van der Waals surface area contributed by atoms with E-state index in [9.17, 15) is 0 Å². The molecule has 4 heteroatoms. The fourth-order valence-corrected chi connectivity index (χ4v) is 1.60. The van der Waals surface area contributed by atoms with Crippen LogP contribution in [0.4, 0.5) is 0 Å². The van der Waals surface area contributed by atoms with Crippen LogP contribution in [0.5, 0.6) is 0 Å². The maximum absolute atomic E-state index is 4.33. The summed E-state index contributed by atoms with van der Waals surface area (Å²) in [4.78, 5) is 8.40. The third-order valence-electron chi connectivity index (χ3n) is 2.27. The van der Waals surface area contributed by atoms with E-state index < -0.39 is 0 Å². The Balaban J connectivity index is 2.20. The third-order valence-corrected chi connectivity index (χ3v) is 3.31. The predicted molar refractivity (Wildman–Crippen MR) is 66.1 cm³/mol. The van der Waals surface area contributed by atoms with E-state index in [1.807, 2.05) is 30.9 Å². The standard InChI is InChI=1S/C11H19N3S/c1-9(15-3)4-6-12-8-11-5-7-13-10(2)14-11/h5,7,9,12H,4,6,8H2,1-3H3. The lowest BCUT2D eigenvalue weighted by Gasteiger charge is -2.08. The topological polar surface area (TPSA) is 37.8 Å². The highest BCUT2D eigenvalue weighted by Crippen LogP contribution is 2.08. The first-order chi connectivity index (χ1) is 7.22. The molecular formula is C11H19N3S. The fourth-order valence-electron chi connectivity index (χ4n) is 1.24. The minimum Gasteiger partial charge on any atom is -0.311 e. The van der Waals surface area contributed by atoms with Crippen molar-refractivity contribution in [3.63, 3.8) is 0 Å². The Morgan fingerprint density at radius 3 is 3.00 bits per heavy atom. The van der Waals surface area contributed by atoms with Crippen LogP contribution < -0.4 is 5.32 Å². The number of thioether (sulfide) groups is 1. The second-order valence-corrected chi connectivity index (χ2v) is 4.88. The van der Waals surface area contributed by atoms with Gasteiger partial charge in [0.2, 0.25) is 0 Å². The Kier molecular flexibility index (Phi) is 5.65. The molecule has 0 saturated heterocycles. The highest BCUT2D eigenvalue weighted by Gasteiger charge is 1.99. The molecule has 0 bridgehead atoms. The summed E-state index contributed by atoms with van der Waals surface area (Å²) in [6.07, 6.45) is 5.16. The number of aryl methyl sites for hydroxylation is 1. The van der Waals surface area contributed by atoms with Crippen LogP contribution in [0.1, 0.15) is 24.9 Å². The Hall–Kier alpha value is -0.610. The number of nitrogens with zero attached hydrogens (tertiary/aromatic N) is 2. The second-order valence-electron chi connectivity index (χ2n) is 3.61. The average Bonchev–Trinajstić information content (AvgIpc) is 2.24. The first-order valence-corrected chi connectivity index (χ1v) is 6.53. The molecule has 0 fully saturated rings. The summed E-state index contributed by atoms with van der Waals surface area (Å²) in [7, 11) is 0. The monoisotopic (exact) mass is 225 g/mol. The van der Waals surface area contributed by atoms with E-state index in [4.69, 9.17) is 0 Å². The molecule has 1 atom stereocenters. The highest BCUT2D eigenvalue weighted by atomic mass is 32.2. The molecule has 3 nitrogen and oxygen atoms in total. The maximum atomic E-state index is 4.33. The predicted octanol–water partition coefficient (Wildman–Crippen LogP) is 2.02. The zero-order chi connectivity index (χ0) is 11.1. The molecule has 1 heterocycles. The smallest absolute Gasteiger partial charge is 0.125 e. The normalized spacial score (nSPS) is 12.7. The van der Waals surface area contributed by atoms with Gasteiger partial charge in [-0.3, -0.25) is 0 Å². The van der Waals surface area contributed by atoms with Crippen LogP contribution in [-0.2, 0) is 6.54 Å². The van der Waals surface area contributed by atoms with Crippen LogP contribution >= 0.6 is 11.8 Å². The molecule has 0 aliphatic rings. The van der Waals surface area contributed by atoms with Crippen LogP contribution in [0.15, 0.2) is 12.3 Å². The molecule has 1 aromatic rings. The van der Waals surface area contributed by atoms with Gasteiger partial charge < -0.3 is 5.32 Å². The highest BCUT2D eigenvalue weighted by molar-refractivity contribution is 7.99. The van der Waals surface area contributed by atoms with E-state index in [1.54, 1.807) is 0 Å². The van der Waals surface area contributed by atoms with Gasteiger partial charge in [-0.05, 0) is 32.2 Å². The lowest BCUT2D eigenvalue weighted by atomic mass is 10.3. The molecule has 0 amide bonds. The van der Waals surface area contributed by atoms with Crippen LogP contribution in [0.25, 0.3) is 0 Å². The number of hydrogen-bond donors (Lipinski definition) is 1. The van der Waals surface area contributed by atoms with Crippen molar-refractivity contribution in [2.45, 2.75) is 32.1 Å². The van der Waals surface area contributed by atoms with Gasteiger partial charge >= 0.3 is 0 Å². The second kappa shape index (κ2) is 6.80. The van der Waals surface area contributed by atoms with Gasteiger partial charge in [0, 0.05) is 18.0 Å². The summed E-state index contributed by atoms with van der Waals surface area (Å²) in [6.45, 7) is 6.05. The molecule has 0 radical (unpaired) electrons. The molecule has 0 saturated carbocycles. The molecule has 1 rings (SSSR count). The molecule has 0 aliphatic carbocycles. The SMILES string of the molecule is CSC(C)CCNCc1ccnc(C)n1. The summed E-state index contributed by atoms with van der Waals surface area (Å²) in [5.41, 5.74) is 1.07. The van der Waals surface area contributed by atoms with Gasteiger partial charge in [0.15, 0.2) is 0 Å². The molecule has 0 aliphatic heterocycles. The van der Waals surface area contributed by atoms with Crippen molar-refractivity contribution in [3.05, 3.63) is 23.8 Å². The van der Waals surface area contributed by atoms with E-state index in [0.717, 1.165) is 29.9 Å². The molecule has 0 aromatic carbocycles.